The topological polar surface area (TPSA) is 97.4 Å². The van der Waals surface area contributed by atoms with Gasteiger partial charge in [-0.15, -0.1) is 0 Å². The highest BCUT2D eigenvalue weighted by molar-refractivity contribution is 7.89. The summed E-state index contributed by atoms with van der Waals surface area (Å²) in [6, 6.07) is 2.13. The van der Waals surface area contributed by atoms with Crippen molar-refractivity contribution < 1.29 is 12.9 Å². The monoisotopic (exact) mass is 418 g/mol. The fourth-order valence-corrected chi connectivity index (χ4v) is 5.77. The van der Waals surface area contributed by atoms with Gasteiger partial charge in [-0.2, -0.15) is 9.40 Å². The van der Waals surface area contributed by atoms with Gasteiger partial charge in [0.1, 0.15) is 10.6 Å². The molecule has 4 heterocycles. The van der Waals surface area contributed by atoms with Crippen molar-refractivity contribution in [1.29, 1.82) is 0 Å². The van der Waals surface area contributed by atoms with Gasteiger partial charge in [-0.25, -0.2) is 13.4 Å². The van der Waals surface area contributed by atoms with Gasteiger partial charge >= 0.3 is 0 Å². The Balaban J connectivity index is 1.49. The number of hydrogen-bond donors (Lipinski definition) is 0. The highest BCUT2D eigenvalue weighted by atomic mass is 32.2. The maximum atomic E-state index is 13.1. The number of fused-ring (bicyclic) bond motifs is 1. The smallest absolute Gasteiger partial charge is 0.248 e. The number of nitrogens with zero attached hydrogens (tertiary/aromatic N) is 6. The van der Waals surface area contributed by atoms with Crippen LogP contribution in [-0.2, 0) is 23.6 Å². The average molecular weight is 419 g/mol. The molecule has 9 nitrogen and oxygen atoms in total. The third-order valence-electron chi connectivity index (χ3n) is 5.44. The molecular formula is C19H26N6O3S. The Morgan fingerprint density at radius 2 is 1.90 bits per heavy atom. The third-order valence-corrected chi connectivity index (χ3v) is 7.58. The summed E-state index contributed by atoms with van der Waals surface area (Å²) in [7, 11) is -1.71. The molecule has 3 aromatic rings. The summed E-state index contributed by atoms with van der Waals surface area (Å²) in [5.74, 6) is 0.342. The molecule has 1 aliphatic rings. The Bertz CT molecular complexity index is 1130. The predicted molar refractivity (Wildman–Crippen MR) is 108 cm³/mol. The normalized spacial score (nSPS) is 17.1. The van der Waals surface area contributed by atoms with Crippen molar-refractivity contribution >= 4 is 21.1 Å². The average Bonchev–Trinajstić information content (AvgIpc) is 3.03. The van der Waals surface area contributed by atoms with E-state index in [9.17, 15) is 8.42 Å². The number of rotatable bonds is 4. The lowest BCUT2D eigenvalue weighted by Crippen LogP contribution is -2.35. The zero-order chi connectivity index (χ0) is 20.8. The van der Waals surface area contributed by atoms with Crippen LogP contribution in [0, 0.1) is 20.8 Å². The summed E-state index contributed by atoms with van der Waals surface area (Å²) in [5, 5.41) is 9.28. The van der Waals surface area contributed by atoms with E-state index in [4.69, 9.17) is 4.52 Å². The van der Waals surface area contributed by atoms with Crippen LogP contribution in [0.1, 0.15) is 29.1 Å². The maximum absolute atomic E-state index is 13.1. The zero-order valence-electron chi connectivity index (χ0n) is 17.2. The van der Waals surface area contributed by atoms with Crippen LogP contribution in [0.5, 0.6) is 0 Å². The zero-order valence-corrected chi connectivity index (χ0v) is 18.0. The SMILES string of the molecule is Cc1noc(C)c1S(=O)(=O)N1CCCN(Cc2cnc3c(c2)c(C)nn3C)CC1. The summed E-state index contributed by atoms with van der Waals surface area (Å²) in [5.41, 5.74) is 3.36. The molecule has 0 aliphatic carbocycles. The summed E-state index contributed by atoms with van der Waals surface area (Å²) in [4.78, 5) is 7.02. The van der Waals surface area contributed by atoms with Crippen LogP contribution >= 0.6 is 0 Å². The van der Waals surface area contributed by atoms with E-state index in [1.54, 1.807) is 22.8 Å². The van der Waals surface area contributed by atoms with Gasteiger partial charge in [0, 0.05) is 44.8 Å². The van der Waals surface area contributed by atoms with E-state index in [-0.39, 0.29) is 4.90 Å². The van der Waals surface area contributed by atoms with Gasteiger partial charge in [-0.05, 0) is 45.4 Å². The number of hydrogen-bond acceptors (Lipinski definition) is 7. The van der Waals surface area contributed by atoms with Crippen molar-refractivity contribution in [2.45, 2.75) is 38.6 Å². The number of aromatic nitrogens is 4. The maximum Gasteiger partial charge on any atom is 0.248 e. The number of aryl methyl sites for hydroxylation is 4. The molecule has 0 aromatic carbocycles. The Hall–Kier alpha value is -2.30. The van der Waals surface area contributed by atoms with Gasteiger partial charge in [-0.3, -0.25) is 9.58 Å². The quantitative estimate of drug-likeness (QED) is 0.637. The van der Waals surface area contributed by atoms with Gasteiger partial charge in [-0.1, -0.05) is 5.16 Å². The Morgan fingerprint density at radius 3 is 2.62 bits per heavy atom. The first kappa shape index (κ1) is 20.0. The van der Waals surface area contributed by atoms with Gasteiger partial charge in [0.25, 0.3) is 0 Å². The van der Waals surface area contributed by atoms with E-state index in [0.29, 0.717) is 31.1 Å². The molecule has 156 valence electrons. The lowest BCUT2D eigenvalue weighted by molar-refractivity contribution is 0.278. The van der Waals surface area contributed by atoms with Crippen molar-refractivity contribution in [2.24, 2.45) is 7.05 Å². The standard InChI is InChI=1S/C19H26N6O3S/c1-13-17-10-16(11-20-19(17)23(4)21-13)12-24-6-5-7-25(9-8-24)29(26,27)18-14(2)22-28-15(18)3/h10-11H,5-9,12H2,1-4H3. The Kier molecular flexibility index (Phi) is 5.18. The van der Waals surface area contributed by atoms with E-state index in [1.807, 2.05) is 20.2 Å². The largest absolute Gasteiger partial charge is 0.360 e. The minimum atomic E-state index is -3.60. The molecule has 0 saturated carbocycles. The van der Waals surface area contributed by atoms with Crippen LogP contribution in [0.2, 0.25) is 0 Å². The Labute approximate surface area is 170 Å². The molecule has 0 unspecified atom stereocenters. The summed E-state index contributed by atoms with van der Waals surface area (Å²) in [6.45, 7) is 8.44. The van der Waals surface area contributed by atoms with E-state index in [0.717, 1.165) is 41.8 Å². The van der Waals surface area contributed by atoms with Gasteiger partial charge in [0.2, 0.25) is 10.0 Å². The molecule has 3 aromatic heterocycles. The Morgan fingerprint density at radius 1 is 1.10 bits per heavy atom. The lowest BCUT2D eigenvalue weighted by Gasteiger charge is -2.21. The van der Waals surface area contributed by atoms with Crippen LogP contribution in [0.25, 0.3) is 11.0 Å². The van der Waals surface area contributed by atoms with Gasteiger partial charge in [0.15, 0.2) is 11.4 Å². The van der Waals surface area contributed by atoms with Crippen molar-refractivity contribution in [1.82, 2.24) is 29.1 Å². The second kappa shape index (κ2) is 7.51. The van der Waals surface area contributed by atoms with E-state index >= 15 is 0 Å². The number of sulfonamides is 1. The predicted octanol–water partition coefficient (Wildman–Crippen LogP) is 1.78. The first-order chi connectivity index (χ1) is 13.8. The first-order valence-corrected chi connectivity index (χ1v) is 11.1. The molecule has 0 N–H and O–H groups in total. The molecule has 0 atom stereocenters. The van der Waals surface area contributed by atoms with Crippen LogP contribution in [0.3, 0.4) is 0 Å². The summed E-state index contributed by atoms with van der Waals surface area (Å²) in [6.07, 6.45) is 2.65. The van der Waals surface area contributed by atoms with E-state index < -0.39 is 10.0 Å². The third kappa shape index (κ3) is 3.67. The molecule has 29 heavy (non-hydrogen) atoms. The minimum Gasteiger partial charge on any atom is -0.360 e. The lowest BCUT2D eigenvalue weighted by atomic mass is 10.2. The fourth-order valence-electron chi connectivity index (χ4n) is 4.01. The van der Waals surface area contributed by atoms with Gasteiger partial charge in [0.05, 0.1) is 5.69 Å². The second-order valence-corrected chi connectivity index (χ2v) is 9.49. The van der Waals surface area contributed by atoms with Crippen LogP contribution < -0.4 is 0 Å². The molecule has 1 fully saturated rings. The van der Waals surface area contributed by atoms with E-state index in [1.165, 1.54) is 0 Å². The van der Waals surface area contributed by atoms with Crippen molar-refractivity contribution in [3.05, 3.63) is 35.0 Å². The number of pyridine rings is 1. The first-order valence-electron chi connectivity index (χ1n) is 9.71. The van der Waals surface area contributed by atoms with E-state index in [2.05, 4.69) is 26.2 Å². The fraction of sp³-hybridized carbons (Fsp3) is 0.526. The van der Waals surface area contributed by atoms with Crippen molar-refractivity contribution in [3.63, 3.8) is 0 Å². The summed E-state index contributed by atoms with van der Waals surface area (Å²) >= 11 is 0. The molecule has 10 heteroatoms. The van der Waals surface area contributed by atoms with Crippen LogP contribution in [0.15, 0.2) is 21.7 Å². The van der Waals surface area contributed by atoms with Crippen molar-refractivity contribution in [3.8, 4) is 0 Å². The molecule has 0 spiro atoms. The van der Waals surface area contributed by atoms with Gasteiger partial charge < -0.3 is 4.52 Å². The second-order valence-electron chi connectivity index (χ2n) is 7.61. The molecule has 0 radical (unpaired) electrons. The van der Waals surface area contributed by atoms with Crippen LogP contribution in [0.4, 0.5) is 0 Å². The molecule has 1 saturated heterocycles. The molecule has 0 amide bonds. The molecular weight excluding hydrogens is 392 g/mol. The van der Waals surface area contributed by atoms with Crippen molar-refractivity contribution in [2.75, 3.05) is 26.2 Å². The molecule has 4 rings (SSSR count). The molecule has 1 aliphatic heterocycles. The highest BCUT2D eigenvalue weighted by Gasteiger charge is 2.32. The summed E-state index contributed by atoms with van der Waals surface area (Å²) < 4.78 is 34.6. The highest BCUT2D eigenvalue weighted by Crippen LogP contribution is 2.25. The molecule has 0 bridgehead atoms. The van der Waals surface area contributed by atoms with Crippen LogP contribution in [-0.4, -0.2) is 63.7 Å². The minimum absolute atomic E-state index is 0.202.